The van der Waals surface area contributed by atoms with E-state index in [9.17, 15) is 5.26 Å². The maximum atomic E-state index is 10.3. The Labute approximate surface area is 551 Å². The highest BCUT2D eigenvalue weighted by atomic mass is 15.1. The summed E-state index contributed by atoms with van der Waals surface area (Å²) < 4.78 is 4.96. The Bertz CT molecular complexity index is 5400. The second-order valence-electron chi connectivity index (χ2n) is 30.5. The molecule has 3 heterocycles. The van der Waals surface area contributed by atoms with Crippen molar-refractivity contribution in [2.24, 2.45) is 0 Å². The van der Waals surface area contributed by atoms with Gasteiger partial charge in [0.05, 0.1) is 45.1 Å². The molecule has 0 aliphatic heterocycles. The van der Waals surface area contributed by atoms with Gasteiger partial charge in [-0.25, -0.2) is 15.0 Å². The Balaban J connectivity index is 1.03. The highest BCUT2D eigenvalue weighted by molar-refractivity contribution is 6.13. The Morgan fingerprint density at radius 2 is 0.713 bits per heavy atom. The molecule has 6 nitrogen and oxygen atoms in total. The molecule has 0 saturated heterocycles. The van der Waals surface area contributed by atoms with Gasteiger partial charge >= 0.3 is 0 Å². The maximum absolute atomic E-state index is 10.3. The Morgan fingerprint density at radius 3 is 1.19 bits per heavy atom. The molecule has 2 aliphatic carbocycles. The Kier molecular flexibility index (Phi) is 13.3. The van der Waals surface area contributed by atoms with E-state index in [2.05, 4.69) is 298 Å². The van der Waals surface area contributed by atoms with E-state index in [1.165, 1.54) is 88.3 Å². The van der Waals surface area contributed by atoms with E-state index < -0.39 is 0 Å². The summed E-state index contributed by atoms with van der Waals surface area (Å²) in [5.41, 5.74) is 28.6. The van der Waals surface area contributed by atoms with Gasteiger partial charge in [-0.05, 0) is 215 Å². The van der Waals surface area contributed by atoms with Crippen LogP contribution < -0.4 is 0 Å². The average Bonchev–Trinajstić information content (AvgIpc) is 1.54. The average molecular weight is 1220 g/mol. The van der Waals surface area contributed by atoms with Crippen molar-refractivity contribution in [3.63, 3.8) is 0 Å². The molecule has 0 unspecified atom stereocenters. The second kappa shape index (κ2) is 21.3. The molecule has 14 aromatic rings. The number of aromatic nitrogens is 5. The molecule has 6 heteroatoms. The molecular weight excluding hydrogens is 1140 g/mol. The van der Waals surface area contributed by atoms with Crippen molar-refractivity contribution in [1.29, 1.82) is 5.26 Å². The van der Waals surface area contributed by atoms with Crippen LogP contribution in [-0.2, 0) is 34.5 Å². The number of rotatable bonds is 7. The van der Waals surface area contributed by atoms with Gasteiger partial charge in [0, 0.05) is 43.8 Å². The molecule has 0 amide bonds. The Hall–Kier alpha value is -10.5. The Morgan fingerprint density at radius 1 is 0.298 bits per heavy atom. The van der Waals surface area contributed by atoms with Crippen LogP contribution in [0.5, 0.6) is 0 Å². The minimum absolute atomic E-state index is 0.166. The molecule has 3 aromatic heterocycles. The summed E-state index contributed by atoms with van der Waals surface area (Å²) in [7, 11) is 0. The van der Waals surface area contributed by atoms with Crippen molar-refractivity contribution in [3.05, 3.63) is 268 Å². The van der Waals surface area contributed by atoms with E-state index in [0.29, 0.717) is 23.0 Å². The lowest BCUT2D eigenvalue weighted by Crippen LogP contribution is -2.17. The van der Waals surface area contributed by atoms with E-state index in [-0.39, 0.29) is 21.7 Å². The summed E-state index contributed by atoms with van der Waals surface area (Å²) in [4.78, 5) is 17.4. The third-order valence-corrected chi connectivity index (χ3v) is 20.0. The van der Waals surface area contributed by atoms with Gasteiger partial charge in [-0.1, -0.05) is 204 Å². The van der Waals surface area contributed by atoms with Crippen molar-refractivity contribution in [3.8, 4) is 96.1 Å². The molecule has 2 aliphatic rings. The zero-order valence-electron chi connectivity index (χ0n) is 55.9. The van der Waals surface area contributed by atoms with Crippen molar-refractivity contribution in [1.82, 2.24) is 24.1 Å². The summed E-state index contributed by atoms with van der Waals surface area (Å²) in [6.07, 6.45) is 1.73. The molecule has 0 N–H and O–H groups in total. The van der Waals surface area contributed by atoms with E-state index in [1.807, 2.05) is 18.2 Å². The number of benzene rings is 11. The van der Waals surface area contributed by atoms with Crippen molar-refractivity contribution >= 4 is 43.6 Å². The fraction of sp³-hybridized carbons (Fsp3) is 0.205. The molecule has 16 rings (SSSR count). The molecule has 458 valence electrons. The van der Waals surface area contributed by atoms with Crippen LogP contribution in [0.3, 0.4) is 0 Å². The van der Waals surface area contributed by atoms with Crippen LogP contribution in [0, 0.1) is 11.3 Å². The third kappa shape index (κ3) is 9.86. The summed E-state index contributed by atoms with van der Waals surface area (Å²) in [6.45, 7) is 27.5. The number of hydrogen-bond donors (Lipinski definition) is 0. The summed E-state index contributed by atoms with van der Waals surface area (Å²) >= 11 is 0. The van der Waals surface area contributed by atoms with Gasteiger partial charge in [-0.3, -0.25) is 0 Å². The van der Waals surface area contributed by atoms with Crippen LogP contribution in [0.1, 0.15) is 133 Å². The smallest absolute Gasteiger partial charge is 0.166 e. The first-order valence-corrected chi connectivity index (χ1v) is 33.2. The van der Waals surface area contributed by atoms with Gasteiger partial charge in [-0.2, -0.15) is 5.26 Å². The normalized spacial score (nSPS) is 13.0. The summed E-state index contributed by atoms with van der Waals surface area (Å²) in [5.74, 6) is 1.80. The van der Waals surface area contributed by atoms with Crippen molar-refractivity contribution < 1.29 is 0 Å². The zero-order valence-corrected chi connectivity index (χ0v) is 55.9. The van der Waals surface area contributed by atoms with E-state index >= 15 is 0 Å². The molecular formula is C88H76N6. The molecule has 0 saturated carbocycles. The molecule has 0 atom stereocenters. The largest absolute Gasteiger partial charge is 0.309 e. The lowest BCUT2D eigenvalue weighted by molar-refractivity contribution is 0.568. The SMILES string of the molecule is CC(C)(C)c1cc(-c2nc(-c3cc(C(C)(C)C)cc(C(C)(C)C)c3)nc(-c3cc(-c4cc(-c5cccc(C#N)c5)ccc4-n4c5ccccc5c5cc6c(cc54)Cc4ccccc4-6)ccc3-n3c4ccccc4c4cc5c(cc43)Cc3ccccc3-5)n2)cc(C(C)(C)C)c1. The molecule has 0 radical (unpaired) electrons. The third-order valence-electron chi connectivity index (χ3n) is 20.0. The highest BCUT2D eigenvalue weighted by Crippen LogP contribution is 2.48. The molecule has 0 fully saturated rings. The quantitative estimate of drug-likeness (QED) is 0.159. The monoisotopic (exact) mass is 1220 g/mol. The second-order valence-corrected chi connectivity index (χ2v) is 30.5. The topological polar surface area (TPSA) is 72.3 Å². The predicted molar refractivity (Wildman–Crippen MR) is 392 cm³/mol. The summed E-state index contributed by atoms with van der Waals surface area (Å²) in [5, 5.41) is 15.1. The van der Waals surface area contributed by atoms with Crippen LogP contribution in [0.2, 0.25) is 0 Å². The van der Waals surface area contributed by atoms with Gasteiger partial charge in [0.2, 0.25) is 0 Å². The van der Waals surface area contributed by atoms with Gasteiger partial charge in [0.25, 0.3) is 0 Å². The van der Waals surface area contributed by atoms with Crippen molar-refractivity contribution in [2.45, 2.75) is 118 Å². The number of nitriles is 1. The van der Waals surface area contributed by atoms with E-state index in [1.54, 1.807) is 0 Å². The number of fused-ring (bicyclic) bond motifs is 12. The van der Waals surface area contributed by atoms with Crippen LogP contribution in [0.4, 0.5) is 0 Å². The minimum atomic E-state index is -0.166. The van der Waals surface area contributed by atoms with Crippen LogP contribution >= 0.6 is 0 Å². The first-order chi connectivity index (χ1) is 45.0. The minimum Gasteiger partial charge on any atom is -0.309 e. The molecule has 0 bridgehead atoms. The van der Waals surface area contributed by atoms with E-state index in [0.717, 1.165) is 85.2 Å². The van der Waals surface area contributed by atoms with E-state index in [4.69, 9.17) is 15.0 Å². The lowest BCUT2D eigenvalue weighted by Gasteiger charge is -2.26. The standard InChI is InChI=1S/C88H76N6/c1-85(2,3)62-39-60(40-63(47-62)86(4,5)6)82-90-83(61-41-64(87(7,8)9)48-65(42-61)88(10,11)12)92-84(91-82)75-44-57(33-35-79(75)94-77-31-20-18-29-69(77)74-50-71-59(46-81(74)94)38-56-24-14-16-27-67(56)71)72-43-54(53-25-21-22-52(36-53)51-89)32-34-78(72)93-76-30-19-17-28-68(76)73-49-70-58(45-80(73)93)37-55-23-13-15-26-66(55)70/h13-36,39-50H,37-38H2,1-12H3. The van der Waals surface area contributed by atoms with Crippen molar-refractivity contribution in [2.75, 3.05) is 0 Å². The lowest BCUT2D eigenvalue weighted by atomic mass is 9.79. The van der Waals surface area contributed by atoms with Gasteiger partial charge < -0.3 is 9.13 Å². The van der Waals surface area contributed by atoms with Gasteiger partial charge in [-0.15, -0.1) is 0 Å². The van der Waals surface area contributed by atoms with Crippen LogP contribution in [-0.4, -0.2) is 24.1 Å². The number of nitrogens with zero attached hydrogens (tertiary/aromatic N) is 6. The summed E-state index contributed by atoms with van der Waals surface area (Å²) in [6, 6.07) is 83.5. The van der Waals surface area contributed by atoms with Crippen LogP contribution in [0.25, 0.3) is 134 Å². The number of para-hydroxylation sites is 2. The predicted octanol–water partition coefficient (Wildman–Crippen LogP) is 22.6. The molecule has 94 heavy (non-hydrogen) atoms. The number of hydrogen-bond acceptors (Lipinski definition) is 4. The van der Waals surface area contributed by atoms with Crippen LogP contribution in [0.15, 0.2) is 218 Å². The highest BCUT2D eigenvalue weighted by Gasteiger charge is 2.30. The zero-order chi connectivity index (χ0) is 64.9. The molecule has 11 aromatic carbocycles. The van der Waals surface area contributed by atoms with Gasteiger partial charge in [0.1, 0.15) is 0 Å². The maximum Gasteiger partial charge on any atom is 0.166 e. The fourth-order valence-electron chi connectivity index (χ4n) is 14.7. The van der Waals surface area contributed by atoms with Gasteiger partial charge in [0.15, 0.2) is 17.5 Å². The first kappa shape index (κ1) is 58.6. The molecule has 0 spiro atoms. The first-order valence-electron chi connectivity index (χ1n) is 33.2. The fourth-order valence-corrected chi connectivity index (χ4v) is 14.7.